The fourth-order valence-electron chi connectivity index (χ4n) is 1.72. The summed E-state index contributed by atoms with van der Waals surface area (Å²) >= 11 is 0. The predicted molar refractivity (Wildman–Crippen MR) is 73.6 cm³/mol. The van der Waals surface area contributed by atoms with E-state index in [0.29, 0.717) is 23.2 Å². The highest BCUT2D eigenvalue weighted by Gasteiger charge is 2.10. The summed E-state index contributed by atoms with van der Waals surface area (Å²) in [4.78, 5) is 4.18. The van der Waals surface area contributed by atoms with Crippen molar-refractivity contribution < 1.29 is 14.0 Å². The molecular weight excluding hydrogens is 258 g/mol. The molecule has 0 radical (unpaired) electrons. The monoisotopic (exact) mass is 277 g/mol. The SMILES string of the molecule is CCc1noc(COc2ccc([C@H](C)N)cc2OC)n1. The van der Waals surface area contributed by atoms with Gasteiger partial charge in [0.1, 0.15) is 0 Å². The maximum atomic E-state index is 5.84. The molecule has 2 N–H and O–H groups in total. The van der Waals surface area contributed by atoms with E-state index in [1.54, 1.807) is 7.11 Å². The van der Waals surface area contributed by atoms with Crippen molar-refractivity contribution in [2.45, 2.75) is 32.9 Å². The lowest BCUT2D eigenvalue weighted by molar-refractivity contribution is 0.233. The number of hydrogen-bond acceptors (Lipinski definition) is 6. The van der Waals surface area contributed by atoms with Crippen LogP contribution >= 0.6 is 0 Å². The van der Waals surface area contributed by atoms with E-state index in [4.69, 9.17) is 19.7 Å². The van der Waals surface area contributed by atoms with E-state index in [1.165, 1.54) is 0 Å². The van der Waals surface area contributed by atoms with Gasteiger partial charge in [0.25, 0.3) is 5.89 Å². The van der Waals surface area contributed by atoms with Crippen molar-refractivity contribution in [3.63, 3.8) is 0 Å². The Morgan fingerprint density at radius 3 is 2.75 bits per heavy atom. The van der Waals surface area contributed by atoms with E-state index >= 15 is 0 Å². The summed E-state index contributed by atoms with van der Waals surface area (Å²) in [5.74, 6) is 2.37. The first-order valence-electron chi connectivity index (χ1n) is 6.51. The number of benzene rings is 1. The van der Waals surface area contributed by atoms with Gasteiger partial charge >= 0.3 is 0 Å². The smallest absolute Gasteiger partial charge is 0.264 e. The molecule has 0 spiro atoms. The second-order valence-electron chi connectivity index (χ2n) is 4.45. The molecule has 20 heavy (non-hydrogen) atoms. The van der Waals surface area contributed by atoms with Gasteiger partial charge in [0.15, 0.2) is 23.9 Å². The predicted octanol–water partition coefficient (Wildman–Crippen LogP) is 2.24. The topological polar surface area (TPSA) is 83.4 Å². The summed E-state index contributed by atoms with van der Waals surface area (Å²) in [5, 5.41) is 3.81. The Morgan fingerprint density at radius 1 is 1.35 bits per heavy atom. The van der Waals surface area contributed by atoms with Gasteiger partial charge in [-0.3, -0.25) is 0 Å². The number of aromatic nitrogens is 2. The van der Waals surface area contributed by atoms with Crippen LogP contribution in [-0.4, -0.2) is 17.3 Å². The highest BCUT2D eigenvalue weighted by Crippen LogP contribution is 2.30. The summed E-state index contributed by atoms with van der Waals surface area (Å²) in [5.41, 5.74) is 6.83. The van der Waals surface area contributed by atoms with Crippen LogP contribution in [0, 0.1) is 0 Å². The number of aryl methyl sites for hydroxylation is 1. The van der Waals surface area contributed by atoms with Gasteiger partial charge in [-0.25, -0.2) is 0 Å². The molecule has 0 fully saturated rings. The van der Waals surface area contributed by atoms with E-state index in [9.17, 15) is 0 Å². The van der Waals surface area contributed by atoms with Crippen LogP contribution < -0.4 is 15.2 Å². The summed E-state index contributed by atoms with van der Waals surface area (Å²) in [6.07, 6.45) is 0.732. The Kier molecular flexibility index (Phi) is 4.57. The molecule has 1 aromatic carbocycles. The third-order valence-corrected chi connectivity index (χ3v) is 2.89. The first-order chi connectivity index (χ1) is 9.63. The molecule has 2 aromatic rings. The maximum absolute atomic E-state index is 5.84. The minimum absolute atomic E-state index is 0.0546. The summed E-state index contributed by atoms with van der Waals surface area (Å²) in [6.45, 7) is 4.09. The van der Waals surface area contributed by atoms with Gasteiger partial charge in [-0.1, -0.05) is 18.1 Å². The van der Waals surface area contributed by atoms with Gasteiger partial charge in [0.2, 0.25) is 0 Å². The van der Waals surface area contributed by atoms with E-state index < -0.39 is 0 Å². The Labute approximate surface area is 117 Å². The molecule has 1 aromatic heterocycles. The molecule has 0 unspecified atom stereocenters. The Morgan fingerprint density at radius 2 is 2.15 bits per heavy atom. The van der Waals surface area contributed by atoms with Gasteiger partial charge in [0.05, 0.1) is 7.11 Å². The second kappa shape index (κ2) is 6.38. The number of nitrogens with two attached hydrogens (primary N) is 1. The minimum atomic E-state index is -0.0546. The highest BCUT2D eigenvalue weighted by molar-refractivity contribution is 5.43. The van der Waals surface area contributed by atoms with Crippen molar-refractivity contribution in [1.82, 2.24) is 10.1 Å². The van der Waals surface area contributed by atoms with Crippen LogP contribution in [-0.2, 0) is 13.0 Å². The van der Waals surface area contributed by atoms with E-state index in [-0.39, 0.29) is 12.6 Å². The van der Waals surface area contributed by atoms with Crippen molar-refractivity contribution in [3.8, 4) is 11.5 Å². The first-order valence-corrected chi connectivity index (χ1v) is 6.51. The molecule has 6 nitrogen and oxygen atoms in total. The molecular formula is C14H19N3O3. The third kappa shape index (κ3) is 3.27. The van der Waals surface area contributed by atoms with Crippen LogP contribution in [0.4, 0.5) is 0 Å². The normalized spacial score (nSPS) is 12.2. The molecule has 1 atom stereocenters. The van der Waals surface area contributed by atoms with Crippen molar-refractivity contribution in [1.29, 1.82) is 0 Å². The summed E-state index contributed by atoms with van der Waals surface area (Å²) < 4.78 is 16.0. The lowest BCUT2D eigenvalue weighted by Gasteiger charge is -2.12. The van der Waals surface area contributed by atoms with Gasteiger partial charge in [0, 0.05) is 12.5 Å². The molecule has 0 aliphatic rings. The molecule has 0 saturated carbocycles. The zero-order valence-electron chi connectivity index (χ0n) is 11.9. The summed E-state index contributed by atoms with van der Waals surface area (Å²) in [6, 6.07) is 5.55. The largest absolute Gasteiger partial charge is 0.493 e. The van der Waals surface area contributed by atoms with E-state index in [0.717, 1.165) is 12.0 Å². The Balaban J connectivity index is 2.08. The van der Waals surface area contributed by atoms with Crippen LogP contribution in [0.1, 0.15) is 37.2 Å². The lowest BCUT2D eigenvalue weighted by atomic mass is 10.1. The zero-order valence-corrected chi connectivity index (χ0v) is 11.9. The van der Waals surface area contributed by atoms with Crippen LogP contribution in [0.5, 0.6) is 11.5 Å². The van der Waals surface area contributed by atoms with Crippen molar-refractivity contribution in [2.24, 2.45) is 5.73 Å². The van der Waals surface area contributed by atoms with Crippen LogP contribution in [0.25, 0.3) is 0 Å². The summed E-state index contributed by atoms with van der Waals surface area (Å²) in [7, 11) is 1.59. The average molecular weight is 277 g/mol. The van der Waals surface area contributed by atoms with Gasteiger partial charge < -0.3 is 19.7 Å². The fourth-order valence-corrected chi connectivity index (χ4v) is 1.72. The number of hydrogen-bond donors (Lipinski definition) is 1. The number of nitrogens with zero attached hydrogens (tertiary/aromatic N) is 2. The number of ether oxygens (including phenoxy) is 2. The highest BCUT2D eigenvalue weighted by atomic mass is 16.5. The van der Waals surface area contributed by atoms with Gasteiger partial charge in [-0.15, -0.1) is 0 Å². The number of rotatable bonds is 6. The molecule has 108 valence electrons. The van der Waals surface area contributed by atoms with Gasteiger partial charge in [-0.05, 0) is 24.6 Å². The van der Waals surface area contributed by atoms with Crippen molar-refractivity contribution in [3.05, 3.63) is 35.5 Å². The third-order valence-electron chi connectivity index (χ3n) is 2.89. The van der Waals surface area contributed by atoms with Gasteiger partial charge in [-0.2, -0.15) is 4.98 Å². The zero-order chi connectivity index (χ0) is 14.5. The number of methoxy groups -OCH3 is 1. The molecule has 2 rings (SSSR count). The first kappa shape index (κ1) is 14.3. The molecule has 0 amide bonds. The quantitative estimate of drug-likeness (QED) is 0.871. The van der Waals surface area contributed by atoms with Crippen LogP contribution in [0.3, 0.4) is 0 Å². The molecule has 0 aliphatic heterocycles. The van der Waals surface area contributed by atoms with Crippen LogP contribution in [0.2, 0.25) is 0 Å². The molecule has 1 heterocycles. The average Bonchev–Trinajstić information content (AvgIpc) is 2.92. The van der Waals surface area contributed by atoms with Crippen molar-refractivity contribution in [2.75, 3.05) is 7.11 Å². The maximum Gasteiger partial charge on any atom is 0.264 e. The van der Waals surface area contributed by atoms with E-state index in [2.05, 4.69) is 10.1 Å². The van der Waals surface area contributed by atoms with Crippen LogP contribution in [0.15, 0.2) is 22.7 Å². The molecule has 0 aliphatic carbocycles. The van der Waals surface area contributed by atoms with Crippen molar-refractivity contribution >= 4 is 0 Å². The Hall–Kier alpha value is -2.08. The standard InChI is InChI=1S/C14H19N3O3/c1-4-13-16-14(20-17-13)8-19-11-6-5-10(9(2)15)7-12(11)18-3/h5-7,9H,4,8,15H2,1-3H3/t9-/m0/s1. The second-order valence-corrected chi connectivity index (χ2v) is 4.45. The fraction of sp³-hybridized carbons (Fsp3) is 0.429. The molecule has 0 saturated heterocycles. The van der Waals surface area contributed by atoms with E-state index in [1.807, 2.05) is 32.0 Å². The minimum Gasteiger partial charge on any atom is -0.493 e. The Bertz CT molecular complexity index is 567. The molecule has 0 bridgehead atoms. The lowest BCUT2D eigenvalue weighted by Crippen LogP contribution is -2.06. The molecule has 6 heteroatoms.